The Balaban J connectivity index is 2.69. The van der Waals surface area contributed by atoms with Crippen LogP contribution in [0.4, 0.5) is 0 Å². The first-order valence-electron chi connectivity index (χ1n) is 4.98. The lowest BCUT2D eigenvalue weighted by Gasteiger charge is -2.12. The van der Waals surface area contributed by atoms with E-state index in [4.69, 9.17) is 0 Å². The molecule has 0 aliphatic carbocycles. The first-order valence-corrected chi connectivity index (χ1v) is 7.86. The lowest BCUT2D eigenvalue weighted by atomic mass is 10.3. The maximum atomic E-state index is 11.9. The van der Waals surface area contributed by atoms with Gasteiger partial charge in [-0.2, -0.15) is 16.9 Å². The van der Waals surface area contributed by atoms with Crippen LogP contribution in [-0.2, 0) is 10.0 Å². The minimum Gasteiger partial charge on any atom is -0.281 e. The van der Waals surface area contributed by atoms with Crippen molar-refractivity contribution in [2.45, 2.75) is 31.2 Å². The van der Waals surface area contributed by atoms with Gasteiger partial charge >= 0.3 is 0 Å². The molecule has 1 aromatic heterocycles. The summed E-state index contributed by atoms with van der Waals surface area (Å²) in [6.07, 6.45) is 4.15. The average Bonchev–Trinajstić information content (AvgIpc) is 2.61. The Hall–Kier alpha value is -0.530. The van der Waals surface area contributed by atoms with Crippen molar-refractivity contribution in [2.75, 3.05) is 12.0 Å². The SMILES string of the molecule is CSCCC(C)NS(=O)(=O)c1cn[nH]c1C. The monoisotopic (exact) mass is 263 g/mol. The lowest BCUT2D eigenvalue weighted by Crippen LogP contribution is -2.33. The molecule has 7 heteroatoms. The van der Waals surface area contributed by atoms with Crippen LogP contribution < -0.4 is 4.72 Å². The number of thioether (sulfide) groups is 1. The molecule has 0 spiro atoms. The molecule has 0 saturated carbocycles. The maximum absolute atomic E-state index is 11.9. The highest BCUT2D eigenvalue weighted by Gasteiger charge is 2.20. The topological polar surface area (TPSA) is 74.8 Å². The summed E-state index contributed by atoms with van der Waals surface area (Å²) in [5.41, 5.74) is 0.560. The van der Waals surface area contributed by atoms with E-state index in [2.05, 4.69) is 14.9 Å². The van der Waals surface area contributed by atoms with Gasteiger partial charge in [-0.1, -0.05) is 0 Å². The highest BCUT2D eigenvalue weighted by atomic mass is 32.2. The second kappa shape index (κ2) is 5.70. The van der Waals surface area contributed by atoms with Crippen molar-refractivity contribution < 1.29 is 8.42 Å². The smallest absolute Gasteiger partial charge is 0.244 e. The first-order chi connectivity index (χ1) is 7.47. The summed E-state index contributed by atoms with van der Waals surface area (Å²) in [6.45, 7) is 3.55. The number of nitrogens with one attached hydrogen (secondary N) is 2. The molecule has 16 heavy (non-hydrogen) atoms. The zero-order valence-corrected chi connectivity index (χ0v) is 11.3. The summed E-state index contributed by atoms with van der Waals surface area (Å²) < 4.78 is 26.5. The predicted molar refractivity (Wildman–Crippen MR) is 66.1 cm³/mol. The lowest BCUT2D eigenvalue weighted by molar-refractivity contribution is 0.556. The molecule has 1 aromatic rings. The fourth-order valence-electron chi connectivity index (χ4n) is 1.29. The van der Waals surface area contributed by atoms with E-state index in [-0.39, 0.29) is 10.9 Å². The van der Waals surface area contributed by atoms with Gasteiger partial charge in [0.05, 0.1) is 11.9 Å². The van der Waals surface area contributed by atoms with E-state index in [0.29, 0.717) is 5.69 Å². The van der Waals surface area contributed by atoms with Crippen molar-refractivity contribution in [1.29, 1.82) is 0 Å². The van der Waals surface area contributed by atoms with Gasteiger partial charge in [0, 0.05) is 6.04 Å². The highest BCUT2D eigenvalue weighted by molar-refractivity contribution is 7.98. The van der Waals surface area contributed by atoms with Crippen LogP contribution in [0.3, 0.4) is 0 Å². The zero-order valence-electron chi connectivity index (χ0n) is 9.65. The molecule has 0 aliphatic heterocycles. The fourth-order valence-corrected chi connectivity index (χ4v) is 3.30. The largest absolute Gasteiger partial charge is 0.281 e. The van der Waals surface area contributed by atoms with Crippen molar-refractivity contribution in [2.24, 2.45) is 0 Å². The maximum Gasteiger partial charge on any atom is 0.244 e. The molecular formula is C9H17N3O2S2. The zero-order chi connectivity index (χ0) is 12.2. The Bertz CT molecular complexity index is 428. The number of sulfonamides is 1. The summed E-state index contributed by atoms with van der Waals surface area (Å²) in [7, 11) is -3.43. The molecule has 0 radical (unpaired) electrons. The summed E-state index contributed by atoms with van der Waals surface area (Å²) >= 11 is 1.70. The Labute approximate surface area is 100 Å². The molecule has 5 nitrogen and oxygen atoms in total. The van der Waals surface area contributed by atoms with Crippen LogP contribution in [0.1, 0.15) is 19.0 Å². The molecule has 92 valence electrons. The second-order valence-electron chi connectivity index (χ2n) is 3.66. The van der Waals surface area contributed by atoms with Gasteiger partial charge in [0.25, 0.3) is 0 Å². The molecule has 0 amide bonds. The van der Waals surface area contributed by atoms with E-state index in [9.17, 15) is 8.42 Å². The average molecular weight is 263 g/mol. The van der Waals surface area contributed by atoms with Gasteiger partial charge in [0.1, 0.15) is 4.90 Å². The molecule has 0 aliphatic rings. The van der Waals surface area contributed by atoms with E-state index in [1.165, 1.54) is 6.20 Å². The second-order valence-corrected chi connectivity index (χ2v) is 6.33. The molecule has 0 fully saturated rings. The Morgan fingerprint density at radius 2 is 2.31 bits per heavy atom. The van der Waals surface area contributed by atoms with Crippen LogP contribution >= 0.6 is 11.8 Å². The molecule has 1 atom stereocenters. The number of aromatic amines is 1. The highest BCUT2D eigenvalue weighted by Crippen LogP contribution is 2.12. The molecular weight excluding hydrogens is 246 g/mol. The predicted octanol–water partition coefficient (Wildman–Crippen LogP) is 1.14. The van der Waals surface area contributed by atoms with Gasteiger partial charge in [-0.05, 0) is 32.3 Å². The van der Waals surface area contributed by atoms with Crippen molar-refractivity contribution in [1.82, 2.24) is 14.9 Å². The van der Waals surface area contributed by atoms with Gasteiger partial charge < -0.3 is 0 Å². The number of aromatic nitrogens is 2. The number of rotatable bonds is 6. The third-order valence-corrected chi connectivity index (χ3v) is 4.53. The van der Waals surface area contributed by atoms with E-state index in [1.807, 2.05) is 13.2 Å². The van der Waals surface area contributed by atoms with E-state index in [1.54, 1.807) is 18.7 Å². The number of H-pyrrole nitrogens is 1. The Morgan fingerprint density at radius 1 is 1.62 bits per heavy atom. The van der Waals surface area contributed by atoms with E-state index in [0.717, 1.165) is 12.2 Å². The molecule has 2 N–H and O–H groups in total. The van der Waals surface area contributed by atoms with Crippen LogP contribution in [0.15, 0.2) is 11.1 Å². The number of hydrogen-bond acceptors (Lipinski definition) is 4. The summed E-state index contributed by atoms with van der Waals surface area (Å²) in [5, 5.41) is 6.33. The van der Waals surface area contributed by atoms with Crippen molar-refractivity contribution in [3.05, 3.63) is 11.9 Å². The van der Waals surface area contributed by atoms with Crippen molar-refractivity contribution in [3.63, 3.8) is 0 Å². The summed E-state index contributed by atoms with van der Waals surface area (Å²) in [5.74, 6) is 0.939. The summed E-state index contributed by atoms with van der Waals surface area (Å²) in [4.78, 5) is 0.225. The number of hydrogen-bond donors (Lipinski definition) is 2. The molecule has 1 heterocycles. The van der Waals surface area contributed by atoms with Crippen molar-refractivity contribution in [3.8, 4) is 0 Å². The Kier molecular flexibility index (Phi) is 4.82. The van der Waals surface area contributed by atoms with E-state index >= 15 is 0 Å². The molecule has 1 rings (SSSR count). The van der Waals surface area contributed by atoms with Crippen LogP contribution in [-0.4, -0.2) is 36.7 Å². The Morgan fingerprint density at radius 3 is 2.81 bits per heavy atom. The third-order valence-electron chi connectivity index (χ3n) is 2.18. The fraction of sp³-hybridized carbons (Fsp3) is 0.667. The van der Waals surface area contributed by atoms with Gasteiger partial charge in [-0.3, -0.25) is 5.10 Å². The van der Waals surface area contributed by atoms with Crippen molar-refractivity contribution >= 4 is 21.8 Å². The van der Waals surface area contributed by atoms with E-state index < -0.39 is 10.0 Å². The standard InChI is InChI=1S/C9H17N3O2S2/c1-7(4-5-15-3)12-16(13,14)9-6-10-11-8(9)2/h6-7,12H,4-5H2,1-3H3,(H,10,11). The van der Waals surface area contributed by atoms with Crippen LogP contribution in [0.2, 0.25) is 0 Å². The quantitative estimate of drug-likeness (QED) is 0.807. The van der Waals surface area contributed by atoms with Gasteiger partial charge in [0.2, 0.25) is 10.0 Å². The number of aryl methyl sites for hydroxylation is 1. The first kappa shape index (κ1) is 13.5. The van der Waals surface area contributed by atoms with Crippen LogP contribution in [0, 0.1) is 6.92 Å². The minimum absolute atomic E-state index is 0.0632. The van der Waals surface area contributed by atoms with Gasteiger partial charge in [-0.15, -0.1) is 0 Å². The van der Waals surface area contributed by atoms with Gasteiger partial charge in [0.15, 0.2) is 0 Å². The molecule has 0 bridgehead atoms. The normalized spacial score (nSPS) is 13.9. The molecule has 0 aromatic carbocycles. The number of nitrogens with zero attached hydrogens (tertiary/aromatic N) is 1. The van der Waals surface area contributed by atoms with Crippen LogP contribution in [0.25, 0.3) is 0 Å². The van der Waals surface area contributed by atoms with Gasteiger partial charge in [-0.25, -0.2) is 13.1 Å². The summed E-state index contributed by atoms with van der Waals surface area (Å²) in [6, 6.07) is -0.0632. The molecule has 0 saturated heterocycles. The minimum atomic E-state index is -3.43. The third kappa shape index (κ3) is 3.50. The molecule has 1 unspecified atom stereocenters. The van der Waals surface area contributed by atoms with Crippen LogP contribution in [0.5, 0.6) is 0 Å².